The van der Waals surface area contributed by atoms with E-state index >= 15 is 0 Å². The van der Waals surface area contributed by atoms with Crippen molar-refractivity contribution in [2.24, 2.45) is 0 Å². The largest absolute Gasteiger partial charge is 0.482 e. The predicted octanol–water partition coefficient (Wildman–Crippen LogP) is 2.48. The minimum absolute atomic E-state index is 0.0343. The van der Waals surface area contributed by atoms with Crippen molar-refractivity contribution in [3.05, 3.63) is 60.7 Å². The van der Waals surface area contributed by atoms with Crippen LogP contribution in [0, 0.1) is 6.92 Å². The van der Waals surface area contributed by atoms with E-state index in [1.807, 2.05) is 53.9 Å². The van der Waals surface area contributed by atoms with Gasteiger partial charge in [0.2, 0.25) is 5.78 Å². The van der Waals surface area contributed by atoms with Crippen LogP contribution in [-0.2, 0) is 4.79 Å². The molecule has 0 bridgehead atoms. The summed E-state index contributed by atoms with van der Waals surface area (Å²) in [5, 5.41) is 9.41. The number of aliphatic hydroxyl groups excluding tert-OH is 1. The zero-order chi connectivity index (χ0) is 20.7. The van der Waals surface area contributed by atoms with Crippen molar-refractivity contribution in [3.63, 3.8) is 0 Å². The summed E-state index contributed by atoms with van der Waals surface area (Å²) in [5.41, 5.74) is 4.94. The highest BCUT2D eigenvalue weighted by molar-refractivity contribution is 5.99. The average Bonchev–Trinajstić information content (AvgIpc) is 3.15. The molecule has 150 valence electrons. The Bertz CT molecular complexity index is 1270. The molecule has 0 unspecified atom stereocenters. The predicted molar refractivity (Wildman–Crippen MR) is 111 cm³/mol. The SMILES string of the molecule is Cc1cc(-c2nc3ncccn3c2-c2ccc3c(c2)N(CCO)C(=O)CO3)ccn1. The number of fused-ring (bicyclic) bond motifs is 2. The van der Waals surface area contributed by atoms with Crippen molar-refractivity contribution in [3.8, 4) is 28.3 Å². The van der Waals surface area contributed by atoms with E-state index in [-0.39, 0.29) is 25.7 Å². The number of aliphatic hydroxyl groups is 1. The summed E-state index contributed by atoms with van der Waals surface area (Å²) in [4.78, 5) is 27.3. The van der Waals surface area contributed by atoms with Gasteiger partial charge in [-0.05, 0) is 43.3 Å². The second-order valence-corrected chi connectivity index (χ2v) is 7.02. The molecular weight excluding hydrogens is 382 g/mol. The maximum absolute atomic E-state index is 12.3. The van der Waals surface area contributed by atoms with Crippen molar-refractivity contribution in [2.45, 2.75) is 6.92 Å². The minimum atomic E-state index is -0.182. The summed E-state index contributed by atoms with van der Waals surface area (Å²) in [6.07, 6.45) is 5.37. The van der Waals surface area contributed by atoms with Crippen LogP contribution >= 0.6 is 0 Å². The first-order valence-electron chi connectivity index (χ1n) is 9.60. The number of amides is 1. The Morgan fingerprint density at radius 2 is 2.03 bits per heavy atom. The Morgan fingerprint density at radius 3 is 2.87 bits per heavy atom. The van der Waals surface area contributed by atoms with Gasteiger partial charge in [0.15, 0.2) is 6.61 Å². The van der Waals surface area contributed by atoms with E-state index in [2.05, 4.69) is 9.97 Å². The molecule has 3 aromatic heterocycles. The summed E-state index contributed by atoms with van der Waals surface area (Å²) < 4.78 is 7.51. The molecule has 1 aromatic carbocycles. The third-order valence-electron chi connectivity index (χ3n) is 5.07. The van der Waals surface area contributed by atoms with Crippen LogP contribution in [0.2, 0.25) is 0 Å². The van der Waals surface area contributed by atoms with Crippen molar-refractivity contribution in [1.29, 1.82) is 0 Å². The number of hydrogen-bond acceptors (Lipinski definition) is 6. The van der Waals surface area contributed by atoms with Crippen LogP contribution in [0.3, 0.4) is 0 Å². The number of rotatable bonds is 4. The maximum atomic E-state index is 12.3. The molecule has 1 N–H and O–H groups in total. The monoisotopic (exact) mass is 401 g/mol. The highest BCUT2D eigenvalue weighted by atomic mass is 16.5. The Kier molecular flexibility index (Phi) is 4.40. The third-order valence-corrected chi connectivity index (χ3v) is 5.07. The number of ether oxygens (including phenoxy) is 1. The first kappa shape index (κ1) is 18.3. The van der Waals surface area contributed by atoms with Gasteiger partial charge in [-0.3, -0.25) is 14.2 Å². The molecule has 4 heterocycles. The maximum Gasteiger partial charge on any atom is 0.265 e. The standard InChI is InChI=1S/C22H19N5O3/c1-14-11-15(5-7-23-14)20-21(27-8-2-6-24-22(27)25-20)16-3-4-18-17(12-16)26(9-10-28)19(29)13-30-18/h2-8,11-12,28H,9-10,13H2,1H3. The molecule has 1 aliphatic heterocycles. The van der Waals surface area contributed by atoms with E-state index in [4.69, 9.17) is 9.72 Å². The number of aromatic nitrogens is 4. The lowest BCUT2D eigenvalue weighted by Crippen LogP contribution is -2.40. The molecule has 5 rings (SSSR count). The average molecular weight is 401 g/mol. The highest BCUT2D eigenvalue weighted by Crippen LogP contribution is 2.39. The number of aryl methyl sites for hydroxylation is 1. The molecule has 1 amide bonds. The third kappa shape index (κ3) is 2.98. The van der Waals surface area contributed by atoms with Gasteiger partial charge >= 0.3 is 0 Å². The van der Waals surface area contributed by atoms with E-state index in [0.29, 0.717) is 17.2 Å². The van der Waals surface area contributed by atoms with Gasteiger partial charge in [-0.25, -0.2) is 9.97 Å². The molecule has 0 atom stereocenters. The summed E-state index contributed by atoms with van der Waals surface area (Å²) in [6, 6.07) is 11.4. The molecule has 0 spiro atoms. The van der Waals surface area contributed by atoms with E-state index in [1.165, 1.54) is 0 Å². The number of hydrogen-bond donors (Lipinski definition) is 1. The number of imidazole rings is 1. The number of carbonyl (C=O) groups excluding carboxylic acids is 1. The second kappa shape index (κ2) is 7.23. The van der Waals surface area contributed by atoms with Gasteiger partial charge in [-0.2, -0.15) is 0 Å². The fourth-order valence-corrected chi connectivity index (χ4v) is 3.75. The number of pyridine rings is 1. The summed E-state index contributed by atoms with van der Waals surface area (Å²) in [7, 11) is 0. The molecule has 8 heteroatoms. The first-order valence-corrected chi connectivity index (χ1v) is 9.60. The van der Waals surface area contributed by atoms with Crippen molar-refractivity contribution < 1.29 is 14.6 Å². The lowest BCUT2D eigenvalue weighted by Gasteiger charge is -2.29. The molecule has 0 radical (unpaired) electrons. The summed E-state index contributed by atoms with van der Waals surface area (Å²) in [5.74, 6) is 1.01. The van der Waals surface area contributed by atoms with E-state index in [9.17, 15) is 9.90 Å². The lowest BCUT2D eigenvalue weighted by atomic mass is 10.0. The zero-order valence-electron chi connectivity index (χ0n) is 16.3. The highest BCUT2D eigenvalue weighted by Gasteiger charge is 2.27. The molecule has 0 fully saturated rings. The molecule has 0 saturated heterocycles. The van der Waals surface area contributed by atoms with Crippen LogP contribution in [0.5, 0.6) is 5.75 Å². The molecule has 4 aromatic rings. The van der Waals surface area contributed by atoms with E-state index in [0.717, 1.165) is 28.2 Å². The van der Waals surface area contributed by atoms with Crippen molar-refractivity contribution >= 4 is 17.4 Å². The summed E-state index contributed by atoms with van der Waals surface area (Å²) in [6.45, 7) is 1.99. The molecule has 0 aliphatic carbocycles. The first-order chi connectivity index (χ1) is 14.7. The van der Waals surface area contributed by atoms with Crippen LogP contribution in [0.4, 0.5) is 5.69 Å². The van der Waals surface area contributed by atoms with Crippen LogP contribution in [0.25, 0.3) is 28.3 Å². The van der Waals surface area contributed by atoms with Gasteiger partial charge in [0, 0.05) is 42.0 Å². The lowest BCUT2D eigenvalue weighted by molar-refractivity contribution is -0.121. The van der Waals surface area contributed by atoms with E-state index < -0.39 is 0 Å². The molecule has 30 heavy (non-hydrogen) atoms. The number of carbonyl (C=O) groups is 1. The van der Waals surface area contributed by atoms with Gasteiger partial charge in [0.05, 0.1) is 23.7 Å². The number of β-amino-alcohol motifs (C(OH)–C–C–N with tert-alkyl or cyclic N) is 1. The number of benzene rings is 1. The smallest absolute Gasteiger partial charge is 0.265 e. The fraction of sp³-hybridized carbons (Fsp3) is 0.182. The Balaban J connectivity index is 1.74. The van der Waals surface area contributed by atoms with Crippen LogP contribution < -0.4 is 9.64 Å². The Hall–Kier alpha value is -3.78. The van der Waals surface area contributed by atoms with Crippen LogP contribution in [0.1, 0.15) is 5.69 Å². The van der Waals surface area contributed by atoms with Crippen molar-refractivity contribution in [1.82, 2.24) is 19.4 Å². The Morgan fingerprint density at radius 1 is 1.13 bits per heavy atom. The van der Waals surface area contributed by atoms with Crippen LogP contribution in [-0.4, -0.2) is 50.1 Å². The van der Waals surface area contributed by atoms with Gasteiger partial charge in [0.25, 0.3) is 5.91 Å². The van der Waals surface area contributed by atoms with Crippen LogP contribution in [0.15, 0.2) is 55.0 Å². The molecular formula is C22H19N5O3. The van der Waals surface area contributed by atoms with Gasteiger partial charge in [-0.1, -0.05) is 0 Å². The van der Waals surface area contributed by atoms with Gasteiger partial charge in [0.1, 0.15) is 5.75 Å². The minimum Gasteiger partial charge on any atom is -0.482 e. The van der Waals surface area contributed by atoms with Gasteiger partial charge in [-0.15, -0.1) is 0 Å². The van der Waals surface area contributed by atoms with Gasteiger partial charge < -0.3 is 14.7 Å². The summed E-state index contributed by atoms with van der Waals surface area (Å²) >= 11 is 0. The molecule has 1 aliphatic rings. The quantitative estimate of drug-likeness (QED) is 0.565. The normalized spacial score (nSPS) is 13.4. The topological polar surface area (TPSA) is 92.8 Å². The molecule has 8 nitrogen and oxygen atoms in total. The van der Waals surface area contributed by atoms with E-state index in [1.54, 1.807) is 17.3 Å². The second-order valence-electron chi connectivity index (χ2n) is 7.02. The Labute approximate surface area is 172 Å². The van der Waals surface area contributed by atoms with Crippen molar-refractivity contribution in [2.75, 3.05) is 24.7 Å². The fourth-order valence-electron chi connectivity index (χ4n) is 3.75. The number of anilines is 1. The number of nitrogens with zero attached hydrogens (tertiary/aromatic N) is 5. The zero-order valence-corrected chi connectivity index (χ0v) is 16.3. The molecule has 0 saturated carbocycles.